The number of fused-ring (bicyclic) bond motifs is 4. The zero-order valence-corrected chi connectivity index (χ0v) is 23.4. The monoisotopic (exact) mass is 516 g/mol. The standard InChI is InChI=1S/C35H32S2/c1-23-24-7-4-8-25(23)20-37-22-27-10-5-9-26(21-36-19-24)33(27)28-17-31-15-13-29-11-6-12-30-14-16-32(18-28)35(31,3)34(29,30)2/h4-18H,19-22H2,1-3H3. The molecule has 0 nitrogen and oxygen atoms in total. The Bertz CT molecular complexity index is 1510. The molecule has 0 amide bonds. The Labute approximate surface area is 229 Å². The van der Waals surface area contributed by atoms with Gasteiger partial charge in [-0.15, -0.1) is 0 Å². The fourth-order valence-corrected chi connectivity index (χ4v) is 9.17. The highest BCUT2D eigenvalue weighted by atomic mass is 32.2. The van der Waals surface area contributed by atoms with Crippen molar-refractivity contribution in [1.82, 2.24) is 0 Å². The van der Waals surface area contributed by atoms with Gasteiger partial charge in [0.15, 0.2) is 0 Å². The Hall–Kier alpha value is -2.68. The SMILES string of the molecule is Cc1c2cccc1CSCc1cccc(c1C1=CC3=CC=C4C=CC=C5C=CC(=C1)C3(C)C54C)CSC2. The lowest BCUT2D eigenvalue weighted by Gasteiger charge is -2.56. The normalized spacial score (nSPS) is 27.5. The number of thioether (sulfide) groups is 2. The summed E-state index contributed by atoms with van der Waals surface area (Å²) < 4.78 is 0. The van der Waals surface area contributed by atoms with Gasteiger partial charge in [-0.2, -0.15) is 23.5 Å². The first-order chi connectivity index (χ1) is 18.0. The highest BCUT2D eigenvalue weighted by Gasteiger charge is 2.55. The topological polar surface area (TPSA) is 0 Å². The van der Waals surface area contributed by atoms with E-state index in [1.165, 1.54) is 61.2 Å². The molecule has 0 aromatic heterocycles. The van der Waals surface area contributed by atoms with Gasteiger partial charge in [-0.05, 0) is 68.2 Å². The lowest BCUT2D eigenvalue weighted by molar-refractivity contribution is 0.250. The summed E-state index contributed by atoms with van der Waals surface area (Å²) in [6.45, 7) is 7.21. The average Bonchev–Trinajstić information content (AvgIpc) is 2.89. The Kier molecular flexibility index (Phi) is 5.50. The zero-order valence-electron chi connectivity index (χ0n) is 21.8. The summed E-state index contributed by atoms with van der Waals surface area (Å²) >= 11 is 4.09. The number of allylic oxidation sites excluding steroid dienone is 14. The molecule has 4 aliphatic carbocycles. The first kappa shape index (κ1) is 23.4. The lowest BCUT2D eigenvalue weighted by atomic mass is 9.46. The smallest absolute Gasteiger partial charge is 0.0309 e. The van der Waals surface area contributed by atoms with E-state index in [1.807, 2.05) is 23.5 Å². The minimum atomic E-state index is -0.0500. The third kappa shape index (κ3) is 3.38. The summed E-state index contributed by atoms with van der Waals surface area (Å²) in [6.07, 6.45) is 21.3. The van der Waals surface area contributed by atoms with Gasteiger partial charge in [-0.1, -0.05) is 105 Å². The molecule has 0 saturated carbocycles. The van der Waals surface area contributed by atoms with Crippen molar-refractivity contribution < 1.29 is 0 Å². The molecule has 7 rings (SSSR count). The molecule has 2 aromatic rings. The number of hydrogen-bond donors (Lipinski definition) is 0. The van der Waals surface area contributed by atoms with Crippen LogP contribution in [0.15, 0.2) is 113 Å². The van der Waals surface area contributed by atoms with Crippen LogP contribution >= 0.6 is 23.5 Å². The molecule has 5 aliphatic rings. The first-order valence-electron chi connectivity index (χ1n) is 13.3. The van der Waals surface area contributed by atoms with Crippen molar-refractivity contribution in [3.8, 4) is 0 Å². The maximum Gasteiger partial charge on any atom is 0.0309 e. The Morgan fingerprint density at radius 3 is 1.84 bits per heavy atom. The predicted molar refractivity (Wildman–Crippen MR) is 162 cm³/mol. The van der Waals surface area contributed by atoms with Crippen molar-refractivity contribution in [2.75, 3.05) is 0 Å². The van der Waals surface area contributed by atoms with E-state index < -0.39 is 0 Å². The number of rotatable bonds is 1. The van der Waals surface area contributed by atoms with Crippen LogP contribution in [0.3, 0.4) is 0 Å². The minimum Gasteiger partial charge on any atom is -0.152 e. The van der Waals surface area contributed by atoms with Crippen molar-refractivity contribution in [3.63, 3.8) is 0 Å². The molecule has 0 fully saturated rings. The van der Waals surface area contributed by atoms with E-state index in [1.54, 1.807) is 0 Å². The van der Waals surface area contributed by atoms with E-state index in [9.17, 15) is 0 Å². The van der Waals surface area contributed by atoms with Crippen LogP contribution in [0.5, 0.6) is 0 Å². The minimum absolute atomic E-state index is 0.0237. The molecule has 0 saturated heterocycles. The molecule has 4 bridgehead atoms. The summed E-state index contributed by atoms with van der Waals surface area (Å²) in [5.74, 6) is 4.19. The molecule has 184 valence electrons. The van der Waals surface area contributed by atoms with Gasteiger partial charge in [0.1, 0.15) is 0 Å². The molecule has 2 unspecified atom stereocenters. The fraction of sp³-hybridized carbons (Fsp3) is 0.257. The van der Waals surface area contributed by atoms with Crippen LogP contribution in [0.4, 0.5) is 0 Å². The Morgan fingerprint density at radius 2 is 1.14 bits per heavy atom. The quantitative estimate of drug-likeness (QED) is 0.370. The average molecular weight is 517 g/mol. The summed E-state index contributed by atoms with van der Waals surface area (Å²) in [5, 5.41) is 0. The lowest BCUT2D eigenvalue weighted by Crippen LogP contribution is -2.47. The molecular weight excluding hydrogens is 485 g/mol. The van der Waals surface area contributed by atoms with Gasteiger partial charge >= 0.3 is 0 Å². The van der Waals surface area contributed by atoms with E-state index in [-0.39, 0.29) is 10.8 Å². The van der Waals surface area contributed by atoms with Crippen molar-refractivity contribution in [3.05, 3.63) is 147 Å². The third-order valence-electron chi connectivity index (χ3n) is 9.48. The second-order valence-corrected chi connectivity index (χ2v) is 13.1. The molecule has 1 aliphatic heterocycles. The Morgan fingerprint density at radius 1 is 0.595 bits per heavy atom. The van der Waals surface area contributed by atoms with Crippen LogP contribution < -0.4 is 0 Å². The van der Waals surface area contributed by atoms with Gasteiger partial charge in [0.05, 0.1) is 0 Å². The number of benzene rings is 2. The van der Waals surface area contributed by atoms with E-state index >= 15 is 0 Å². The summed E-state index contributed by atoms with van der Waals surface area (Å²) in [7, 11) is 0. The van der Waals surface area contributed by atoms with Crippen LogP contribution in [0.25, 0.3) is 5.57 Å². The Balaban J connectivity index is 1.35. The third-order valence-corrected chi connectivity index (χ3v) is 11.5. The van der Waals surface area contributed by atoms with Crippen molar-refractivity contribution in [2.24, 2.45) is 10.8 Å². The van der Waals surface area contributed by atoms with E-state index in [0.717, 1.165) is 23.0 Å². The molecule has 0 N–H and O–H groups in total. The van der Waals surface area contributed by atoms with Crippen LogP contribution in [0.2, 0.25) is 0 Å². The summed E-state index contributed by atoms with van der Waals surface area (Å²) in [6, 6.07) is 13.8. The largest absolute Gasteiger partial charge is 0.152 e. The van der Waals surface area contributed by atoms with Gasteiger partial charge in [0.25, 0.3) is 0 Å². The van der Waals surface area contributed by atoms with E-state index in [0.29, 0.717) is 0 Å². The van der Waals surface area contributed by atoms with Crippen molar-refractivity contribution in [2.45, 2.75) is 43.8 Å². The van der Waals surface area contributed by atoms with Crippen LogP contribution in [-0.2, 0) is 23.0 Å². The highest BCUT2D eigenvalue weighted by Crippen LogP contribution is 2.65. The van der Waals surface area contributed by atoms with Gasteiger partial charge in [0, 0.05) is 33.8 Å². The maximum atomic E-state index is 2.51. The molecule has 37 heavy (non-hydrogen) atoms. The van der Waals surface area contributed by atoms with Gasteiger partial charge < -0.3 is 0 Å². The van der Waals surface area contributed by atoms with Crippen LogP contribution in [0, 0.1) is 17.8 Å². The second-order valence-electron chi connectivity index (χ2n) is 11.1. The van der Waals surface area contributed by atoms with Gasteiger partial charge in [0.2, 0.25) is 0 Å². The van der Waals surface area contributed by atoms with Crippen LogP contribution in [-0.4, -0.2) is 0 Å². The van der Waals surface area contributed by atoms with E-state index in [4.69, 9.17) is 0 Å². The molecule has 2 heteroatoms. The van der Waals surface area contributed by atoms with Gasteiger partial charge in [-0.25, -0.2) is 0 Å². The van der Waals surface area contributed by atoms with E-state index in [2.05, 4.69) is 112 Å². The molecular formula is C35H32S2. The maximum absolute atomic E-state index is 2.51. The second kappa shape index (κ2) is 8.68. The fourth-order valence-electron chi connectivity index (χ4n) is 6.98. The molecule has 2 aromatic carbocycles. The van der Waals surface area contributed by atoms with Crippen molar-refractivity contribution in [1.29, 1.82) is 0 Å². The predicted octanol–water partition coefficient (Wildman–Crippen LogP) is 9.44. The molecule has 0 radical (unpaired) electrons. The number of hydrogen-bond acceptors (Lipinski definition) is 2. The van der Waals surface area contributed by atoms with Crippen LogP contribution in [0.1, 0.15) is 47.2 Å². The summed E-state index contributed by atoms with van der Waals surface area (Å²) in [4.78, 5) is 0. The van der Waals surface area contributed by atoms with Crippen molar-refractivity contribution >= 4 is 29.1 Å². The summed E-state index contributed by atoms with van der Waals surface area (Å²) in [5.41, 5.74) is 15.8. The molecule has 0 spiro atoms. The zero-order chi connectivity index (χ0) is 25.2. The van der Waals surface area contributed by atoms with Gasteiger partial charge in [-0.3, -0.25) is 0 Å². The highest BCUT2D eigenvalue weighted by molar-refractivity contribution is 7.98. The first-order valence-corrected chi connectivity index (χ1v) is 15.6. The molecule has 2 atom stereocenters. The molecule has 1 heterocycles.